The Morgan fingerprint density at radius 1 is 1.11 bits per heavy atom. The van der Waals surface area contributed by atoms with Crippen molar-refractivity contribution in [1.29, 1.82) is 0 Å². The number of nitrogens with zero attached hydrogens (tertiary/aromatic N) is 3. The SMILES string of the molecule is Cc1nnc(SC[C@@H]2C[C@H](c3ccc(CO)cc3)O[C@H](c3cccc(NC(=O)c4cccnc4)c3)O2)s1. The van der Waals surface area contributed by atoms with Crippen LogP contribution >= 0.6 is 23.1 Å². The number of aromatic nitrogens is 3. The molecule has 5 rings (SSSR count). The molecular formula is C27H26N4O4S2. The van der Waals surface area contributed by atoms with Crippen LogP contribution in [0.1, 0.15) is 50.9 Å². The molecule has 0 radical (unpaired) electrons. The third kappa shape index (κ3) is 6.60. The topological polar surface area (TPSA) is 106 Å². The molecule has 0 bridgehead atoms. The largest absolute Gasteiger partial charge is 0.392 e. The first kappa shape index (κ1) is 25.5. The van der Waals surface area contributed by atoms with Crippen LogP contribution < -0.4 is 5.32 Å². The summed E-state index contributed by atoms with van der Waals surface area (Å²) in [5.74, 6) is 0.469. The minimum Gasteiger partial charge on any atom is -0.392 e. The lowest BCUT2D eigenvalue weighted by Crippen LogP contribution is -2.31. The van der Waals surface area contributed by atoms with Gasteiger partial charge in [-0.2, -0.15) is 0 Å². The monoisotopic (exact) mass is 534 g/mol. The third-order valence-corrected chi connectivity index (χ3v) is 7.96. The van der Waals surface area contributed by atoms with Gasteiger partial charge in [-0.25, -0.2) is 0 Å². The summed E-state index contributed by atoms with van der Waals surface area (Å²) in [5, 5.41) is 21.6. The Hall–Kier alpha value is -3.15. The van der Waals surface area contributed by atoms with Crippen molar-refractivity contribution in [2.45, 2.75) is 42.8 Å². The number of thioether (sulfide) groups is 1. The number of hydrogen-bond donors (Lipinski definition) is 2. The van der Waals surface area contributed by atoms with Gasteiger partial charge in [0, 0.05) is 35.8 Å². The molecular weight excluding hydrogens is 508 g/mol. The fourth-order valence-electron chi connectivity index (χ4n) is 3.99. The number of aliphatic hydroxyl groups is 1. The van der Waals surface area contributed by atoms with Crippen molar-refractivity contribution in [2.24, 2.45) is 0 Å². The zero-order chi connectivity index (χ0) is 25.6. The third-order valence-electron chi connectivity index (χ3n) is 5.86. The van der Waals surface area contributed by atoms with Gasteiger partial charge in [-0.3, -0.25) is 9.78 Å². The molecule has 0 spiro atoms. The number of carbonyl (C=O) groups is 1. The molecule has 0 aliphatic carbocycles. The standard InChI is InChI=1S/C27H26N4O4S2/c1-17-30-31-27(37-17)36-16-23-13-24(19-9-7-18(15-32)8-10-19)35-26(34-23)20-4-2-6-22(12-20)29-25(33)21-5-3-11-28-14-21/h2-12,14,23-24,26,32H,13,15-16H2,1H3,(H,29,33)/t23-,24+,26+/m0/s1. The van der Waals surface area contributed by atoms with E-state index in [2.05, 4.69) is 20.5 Å². The summed E-state index contributed by atoms with van der Waals surface area (Å²) in [6, 6.07) is 18.7. The van der Waals surface area contributed by atoms with Gasteiger partial charge in [-0.05, 0) is 42.3 Å². The molecule has 3 heterocycles. The number of carbonyl (C=O) groups excluding carboxylic acids is 1. The van der Waals surface area contributed by atoms with Gasteiger partial charge < -0.3 is 19.9 Å². The molecule has 37 heavy (non-hydrogen) atoms. The summed E-state index contributed by atoms with van der Waals surface area (Å²) < 4.78 is 13.7. The highest BCUT2D eigenvalue weighted by Crippen LogP contribution is 2.40. The summed E-state index contributed by atoms with van der Waals surface area (Å²) in [6.45, 7) is 1.94. The van der Waals surface area contributed by atoms with Crippen LogP contribution in [0.5, 0.6) is 0 Å². The number of rotatable bonds is 8. The average Bonchev–Trinajstić information content (AvgIpc) is 3.37. The molecule has 1 aliphatic rings. The van der Waals surface area contributed by atoms with Crippen LogP contribution in [0, 0.1) is 6.92 Å². The second-order valence-corrected chi connectivity index (χ2v) is 11.0. The van der Waals surface area contributed by atoms with E-state index in [-0.39, 0.29) is 24.7 Å². The number of benzene rings is 2. The second-order valence-electron chi connectivity index (χ2n) is 8.57. The Bertz CT molecular complexity index is 1330. The number of hydrogen-bond acceptors (Lipinski definition) is 9. The number of ether oxygens (including phenoxy) is 2. The van der Waals surface area contributed by atoms with E-state index in [4.69, 9.17) is 9.47 Å². The van der Waals surface area contributed by atoms with E-state index >= 15 is 0 Å². The zero-order valence-electron chi connectivity index (χ0n) is 20.1. The first-order valence-corrected chi connectivity index (χ1v) is 13.6. The van der Waals surface area contributed by atoms with Crippen LogP contribution in [0.3, 0.4) is 0 Å². The van der Waals surface area contributed by atoms with Crippen LogP contribution in [0.2, 0.25) is 0 Å². The molecule has 1 aliphatic heterocycles. The predicted octanol–water partition coefficient (Wildman–Crippen LogP) is 5.32. The van der Waals surface area contributed by atoms with Gasteiger partial charge in [-0.15, -0.1) is 10.2 Å². The van der Waals surface area contributed by atoms with Crippen molar-refractivity contribution in [3.63, 3.8) is 0 Å². The lowest BCUT2D eigenvalue weighted by Gasteiger charge is -2.36. The van der Waals surface area contributed by atoms with E-state index in [9.17, 15) is 9.90 Å². The maximum Gasteiger partial charge on any atom is 0.257 e. The Labute approximate surface area is 223 Å². The van der Waals surface area contributed by atoms with Crippen LogP contribution in [-0.2, 0) is 16.1 Å². The molecule has 0 saturated carbocycles. The molecule has 4 aromatic rings. The smallest absolute Gasteiger partial charge is 0.257 e. The van der Waals surface area contributed by atoms with E-state index in [0.29, 0.717) is 23.4 Å². The Morgan fingerprint density at radius 3 is 2.70 bits per heavy atom. The maximum atomic E-state index is 12.6. The molecule has 8 nitrogen and oxygen atoms in total. The average molecular weight is 535 g/mol. The van der Waals surface area contributed by atoms with Gasteiger partial charge in [-0.1, -0.05) is 59.5 Å². The highest BCUT2D eigenvalue weighted by Gasteiger charge is 2.32. The highest BCUT2D eigenvalue weighted by atomic mass is 32.2. The van der Waals surface area contributed by atoms with E-state index in [1.807, 2.05) is 55.5 Å². The van der Waals surface area contributed by atoms with Crippen LogP contribution in [0.4, 0.5) is 5.69 Å². The maximum absolute atomic E-state index is 12.6. The summed E-state index contributed by atoms with van der Waals surface area (Å²) in [7, 11) is 0. The van der Waals surface area contributed by atoms with E-state index in [0.717, 1.165) is 26.0 Å². The van der Waals surface area contributed by atoms with Crippen molar-refractivity contribution in [3.8, 4) is 0 Å². The molecule has 10 heteroatoms. The first-order valence-electron chi connectivity index (χ1n) is 11.8. The minimum atomic E-state index is -0.617. The van der Waals surface area contributed by atoms with E-state index < -0.39 is 6.29 Å². The summed E-state index contributed by atoms with van der Waals surface area (Å²) in [5.41, 5.74) is 3.80. The minimum absolute atomic E-state index is 0.00434. The molecule has 2 aromatic heterocycles. The fourth-order valence-corrected chi connectivity index (χ4v) is 5.85. The van der Waals surface area contributed by atoms with Crippen molar-refractivity contribution >= 4 is 34.7 Å². The molecule has 1 saturated heterocycles. The molecule has 1 fully saturated rings. The molecule has 190 valence electrons. The molecule has 2 aromatic carbocycles. The molecule has 1 amide bonds. The van der Waals surface area contributed by atoms with Gasteiger partial charge >= 0.3 is 0 Å². The molecule has 0 unspecified atom stereocenters. The highest BCUT2D eigenvalue weighted by molar-refractivity contribution is 8.01. The number of pyridine rings is 1. The van der Waals surface area contributed by atoms with E-state index in [1.165, 1.54) is 6.20 Å². The van der Waals surface area contributed by atoms with Gasteiger partial charge in [0.15, 0.2) is 10.6 Å². The second kappa shape index (κ2) is 11.9. The molecule has 3 atom stereocenters. The Morgan fingerprint density at radius 2 is 1.97 bits per heavy atom. The first-order chi connectivity index (χ1) is 18.1. The molecule has 2 N–H and O–H groups in total. The van der Waals surface area contributed by atoms with Gasteiger partial charge in [0.25, 0.3) is 5.91 Å². The van der Waals surface area contributed by atoms with Gasteiger partial charge in [0.2, 0.25) is 0 Å². The van der Waals surface area contributed by atoms with E-state index in [1.54, 1.807) is 41.4 Å². The van der Waals surface area contributed by atoms with Crippen LogP contribution in [0.25, 0.3) is 0 Å². The van der Waals surface area contributed by atoms with Gasteiger partial charge in [0.1, 0.15) is 5.01 Å². The lowest BCUT2D eigenvalue weighted by molar-refractivity contribution is -0.245. The van der Waals surface area contributed by atoms with Crippen LogP contribution in [-0.4, -0.2) is 38.1 Å². The zero-order valence-corrected chi connectivity index (χ0v) is 21.7. The number of amides is 1. The van der Waals surface area contributed by atoms with Crippen molar-refractivity contribution in [2.75, 3.05) is 11.1 Å². The Balaban J connectivity index is 1.35. The van der Waals surface area contributed by atoms with Crippen LogP contribution in [0.15, 0.2) is 77.4 Å². The quantitative estimate of drug-likeness (QED) is 0.293. The number of anilines is 1. The fraction of sp³-hybridized carbons (Fsp3) is 0.259. The van der Waals surface area contributed by atoms with Crippen molar-refractivity contribution < 1.29 is 19.4 Å². The lowest BCUT2D eigenvalue weighted by atomic mass is 10.0. The number of aryl methyl sites for hydroxylation is 1. The summed E-state index contributed by atoms with van der Waals surface area (Å²) >= 11 is 3.19. The predicted molar refractivity (Wildman–Crippen MR) is 142 cm³/mol. The normalized spacial score (nSPS) is 19.5. The van der Waals surface area contributed by atoms with Crippen molar-refractivity contribution in [3.05, 3.63) is 100 Å². The van der Waals surface area contributed by atoms with Gasteiger partial charge in [0.05, 0.1) is 24.4 Å². The van der Waals surface area contributed by atoms with Crippen molar-refractivity contribution in [1.82, 2.24) is 15.2 Å². The Kier molecular flexibility index (Phi) is 8.22. The summed E-state index contributed by atoms with van der Waals surface area (Å²) in [4.78, 5) is 16.6. The number of aliphatic hydroxyl groups excluding tert-OH is 1. The number of nitrogens with one attached hydrogen (secondary N) is 1. The summed E-state index contributed by atoms with van der Waals surface area (Å²) in [6.07, 6.45) is 2.93.